The number of nitrogens with zero attached hydrogens (tertiary/aromatic N) is 3. The molecule has 3 nitrogen and oxygen atoms in total. The molecule has 0 unspecified atom stereocenters. The summed E-state index contributed by atoms with van der Waals surface area (Å²) in [6.45, 7) is 5.82. The maximum absolute atomic E-state index is 5.85. The Morgan fingerprint density at radius 2 is 2.00 bits per heavy atom. The lowest BCUT2D eigenvalue weighted by atomic mass is 10.3. The van der Waals surface area contributed by atoms with E-state index in [0.717, 1.165) is 11.4 Å². The first kappa shape index (κ1) is 15.2. The summed E-state index contributed by atoms with van der Waals surface area (Å²) < 4.78 is 1.76. The predicted molar refractivity (Wildman–Crippen MR) is 84.5 cm³/mol. The quantitative estimate of drug-likeness (QED) is 0.348. The number of rotatable bonds is 5. The molecule has 1 aromatic rings. The average molecular weight is 277 g/mol. The first-order chi connectivity index (χ1) is 9.04. The third kappa shape index (κ3) is 5.10. The Morgan fingerprint density at radius 3 is 2.53 bits per heavy atom. The normalized spacial score (nSPS) is 12.3. The number of anilines is 1. The maximum atomic E-state index is 5.85. The van der Waals surface area contributed by atoms with Crippen molar-refractivity contribution in [1.82, 2.24) is 0 Å². The first-order valence-electron chi connectivity index (χ1n) is 5.95. The van der Waals surface area contributed by atoms with Gasteiger partial charge in [-0.2, -0.15) is 5.10 Å². The van der Waals surface area contributed by atoms with Crippen LogP contribution in [0.25, 0.3) is 0 Å². The molecule has 0 aliphatic carbocycles. The number of hydrogen-bond acceptors (Lipinski definition) is 2. The molecule has 0 bridgehead atoms. The van der Waals surface area contributed by atoms with Gasteiger partial charge in [-0.3, -0.25) is 5.01 Å². The highest BCUT2D eigenvalue weighted by Gasteiger charge is 2.02. The minimum Gasteiger partial charge on any atom is -0.268 e. The Labute approximate surface area is 119 Å². The van der Waals surface area contributed by atoms with Crippen LogP contribution in [0.15, 0.2) is 53.3 Å². The van der Waals surface area contributed by atoms with Gasteiger partial charge in [0.25, 0.3) is 0 Å². The molecule has 100 valence electrons. The van der Waals surface area contributed by atoms with Crippen molar-refractivity contribution in [3.63, 3.8) is 0 Å². The van der Waals surface area contributed by atoms with Gasteiger partial charge in [-0.15, -0.1) is 0 Å². The van der Waals surface area contributed by atoms with Gasteiger partial charge in [0, 0.05) is 18.1 Å². The summed E-state index contributed by atoms with van der Waals surface area (Å²) in [6, 6.07) is 7.52. The van der Waals surface area contributed by atoms with E-state index in [1.165, 1.54) is 0 Å². The van der Waals surface area contributed by atoms with E-state index in [2.05, 4.69) is 11.8 Å². The third-order valence-electron chi connectivity index (χ3n) is 2.46. The van der Waals surface area contributed by atoms with Crippen molar-refractivity contribution in [2.24, 2.45) is 5.10 Å². The van der Waals surface area contributed by atoms with E-state index in [1.807, 2.05) is 63.5 Å². The Hall–Kier alpha value is -1.87. The molecular weight excluding hydrogens is 258 g/mol. The molecule has 0 aromatic heterocycles. The molecule has 0 spiro atoms. The summed E-state index contributed by atoms with van der Waals surface area (Å²) in [5.41, 5.74) is 1.89. The zero-order chi connectivity index (χ0) is 14.3. The van der Waals surface area contributed by atoms with Crippen molar-refractivity contribution in [3.8, 4) is 0 Å². The first-order valence-corrected chi connectivity index (χ1v) is 6.33. The predicted octanol–water partition coefficient (Wildman–Crippen LogP) is 3.56. The van der Waals surface area contributed by atoms with E-state index in [0.29, 0.717) is 5.02 Å². The zero-order valence-electron chi connectivity index (χ0n) is 11.5. The van der Waals surface area contributed by atoms with Crippen molar-refractivity contribution >= 4 is 30.2 Å². The second-order valence-corrected chi connectivity index (χ2v) is 4.50. The van der Waals surface area contributed by atoms with Crippen LogP contribution in [0, 0.1) is 0 Å². The third-order valence-corrected chi connectivity index (χ3v) is 2.72. The highest BCUT2D eigenvalue weighted by Crippen LogP contribution is 2.16. The number of hydrogen-bond donors (Lipinski definition) is 0. The van der Waals surface area contributed by atoms with Crippen LogP contribution in [0.3, 0.4) is 0 Å². The van der Waals surface area contributed by atoms with Crippen LogP contribution < -0.4 is 5.01 Å². The molecule has 0 atom stereocenters. The monoisotopic (exact) mass is 276 g/mol. The molecule has 0 N–H and O–H groups in total. The Bertz CT molecular complexity index is 513. The summed E-state index contributed by atoms with van der Waals surface area (Å²) in [5, 5.41) is 6.88. The summed E-state index contributed by atoms with van der Waals surface area (Å²) >= 11 is 5.85. The standard InChI is InChI=1S/C15H19ClN3/c1-5-6-7-15(18(2)3)12-17-19(4)14-10-8-13(16)9-11-14/h5-12H,2H2,1,3-4H3/q+1/b6-5-,15-7-,17-12?. The van der Waals surface area contributed by atoms with Gasteiger partial charge < -0.3 is 0 Å². The second kappa shape index (κ2) is 7.54. The highest BCUT2D eigenvalue weighted by molar-refractivity contribution is 6.30. The fourth-order valence-electron chi connectivity index (χ4n) is 1.33. The summed E-state index contributed by atoms with van der Waals surface area (Å²) in [6.07, 6.45) is 7.62. The largest absolute Gasteiger partial charge is 0.268 e. The molecule has 19 heavy (non-hydrogen) atoms. The summed E-state index contributed by atoms with van der Waals surface area (Å²) in [7, 11) is 3.76. The molecule has 0 saturated carbocycles. The van der Waals surface area contributed by atoms with Crippen molar-refractivity contribution in [2.75, 3.05) is 19.1 Å². The second-order valence-electron chi connectivity index (χ2n) is 4.06. The number of allylic oxidation sites excluding steroid dienone is 4. The minimum absolute atomic E-state index is 0.715. The molecule has 1 rings (SSSR count). The topological polar surface area (TPSA) is 18.6 Å². The Morgan fingerprint density at radius 1 is 1.37 bits per heavy atom. The van der Waals surface area contributed by atoms with Crippen molar-refractivity contribution in [2.45, 2.75) is 6.92 Å². The average Bonchev–Trinajstić information content (AvgIpc) is 2.39. The van der Waals surface area contributed by atoms with Gasteiger partial charge >= 0.3 is 0 Å². The van der Waals surface area contributed by atoms with E-state index in [9.17, 15) is 0 Å². The van der Waals surface area contributed by atoms with Crippen molar-refractivity contribution in [3.05, 3.63) is 53.2 Å². The van der Waals surface area contributed by atoms with Gasteiger partial charge in [0.05, 0.1) is 5.69 Å². The lowest BCUT2D eigenvalue weighted by molar-refractivity contribution is -0.423. The van der Waals surface area contributed by atoms with Gasteiger partial charge in [-0.05, 0) is 31.2 Å². The SMILES string of the molecule is C=[N+](C)/C(C=NN(C)c1ccc(Cl)cc1)=C\C=C/C. The van der Waals surface area contributed by atoms with Crippen LogP contribution in [0.1, 0.15) is 6.92 Å². The van der Waals surface area contributed by atoms with E-state index in [-0.39, 0.29) is 0 Å². The van der Waals surface area contributed by atoms with Crippen LogP contribution in [-0.4, -0.2) is 31.6 Å². The van der Waals surface area contributed by atoms with E-state index >= 15 is 0 Å². The number of benzene rings is 1. The van der Waals surface area contributed by atoms with Gasteiger partial charge in [0.15, 0.2) is 0 Å². The molecule has 0 aliphatic heterocycles. The van der Waals surface area contributed by atoms with Crippen LogP contribution in [0.4, 0.5) is 5.69 Å². The van der Waals surface area contributed by atoms with Gasteiger partial charge in [-0.25, -0.2) is 4.58 Å². The van der Waals surface area contributed by atoms with E-state index in [1.54, 1.807) is 15.8 Å². The zero-order valence-corrected chi connectivity index (χ0v) is 12.3. The van der Waals surface area contributed by atoms with Crippen LogP contribution in [0.5, 0.6) is 0 Å². The van der Waals surface area contributed by atoms with Crippen LogP contribution in [-0.2, 0) is 0 Å². The molecule has 0 aliphatic rings. The molecule has 0 radical (unpaired) electrons. The lowest BCUT2D eigenvalue weighted by Gasteiger charge is -2.12. The fraction of sp³-hybridized carbons (Fsp3) is 0.200. The summed E-state index contributed by atoms with van der Waals surface area (Å²) in [5.74, 6) is 0. The van der Waals surface area contributed by atoms with Crippen molar-refractivity contribution in [1.29, 1.82) is 0 Å². The summed E-state index contributed by atoms with van der Waals surface area (Å²) in [4.78, 5) is 0. The fourth-order valence-corrected chi connectivity index (χ4v) is 1.46. The van der Waals surface area contributed by atoms with Crippen LogP contribution >= 0.6 is 11.6 Å². The number of hydrazone groups is 1. The Kier molecular flexibility index (Phi) is 6.03. The molecular formula is C15H19ClN3+. The smallest absolute Gasteiger partial charge is 0.224 e. The van der Waals surface area contributed by atoms with Crippen LogP contribution in [0.2, 0.25) is 5.02 Å². The number of halogens is 1. The van der Waals surface area contributed by atoms with Gasteiger partial charge in [0.1, 0.15) is 20.0 Å². The van der Waals surface area contributed by atoms with Crippen molar-refractivity contribution < 1.29 is 4.58 Å². The minimum atomic E-state index is 0.715. The molecule has 4 heteroatoms. The molecule has 0 saturated heterocycles. The van der Waals surface area contributed by atoms with E-state index in [4.69, 9.17) is 11.6 Å². The molecule has 1 aromatic carbocycles. The van der Waals surface area contributed by atoms with Gasteiger partial charge in [-0.1, -0.05) is 23.8 Å². The Balaban J connectivity index is 2.84. The van der Waals surface area contributed by atoms with E-state index < -0.39 is 0 Å². The molecule has 0 fully saturated rings. The highest BCUT2D eigenvalue weighted by atomic mass is 35.5. The molecule has 0 amide bonds. The van der Waals surface area contributed by atoms with Gasteiger partial charge in [0.2, 0.25) is 5.70 Å². The molecule has 0 heterocycles. The lowest BCUT2D eigenvalue weighted by Crippen LogP contribution is -2.11. The maximum Gasteiger partial charge on any atom is 0.224 e.